The van der Waals surface area contributed by atoms with Gasteiger partial charge in [0.25, 0.3) is 5.91 Å². The molecule has 1 amide bonds. The molecule has 3 rings (SSSR count). The third kappa shape index (κ3) is 3.70. The van der Waals surface area contributed by atoms with Crippen LogP contribution in [0.3, 0.4) is 0 Å². The Hall–Kier alpha value is -2.08. The predicted octanol–water partition coefficient (Wildman–Crippen LogP) is 2.69. The summed E-state index contributed by atoms with van der Waals surface area (Å²) in [5.41, 5.74) is 2.34. The molecule has 1 aliphatic rings. The van der Waals surface area contributed by atoms with Crippen LogP contribution in [0.1, 0.15) is 10.4 Å². The summed E-state index contributed by atoms with van der Waals surface area (Å²) < 4.78 is 5.38. The minimum atomic E-state index is -0.0935. The molecule has 0 unspecified atom stereocenters. The molecule has 138 valence electrons. The fourth-order valence-corrected chi connectivity index (χ4v) is 3.57. The second-order valence-electron chi connectivity index (χ2n) is 6.52. The molecule has 0 saturated carbocycles. The standard InChI is InChI=1S/C20H22ClNO4/c1-26-19-7-6-17(21)8-18(19)13-2-4-14(5-3-13)20(25)22-9-15(11-23)16(10-22)12-24/h2-8,15-16,23-24H,9-12H2,1H3/t15-,16-/m0/s1. The van der Waals surface area contributed by atoms with Gasteiger partial charge in [-0.05, 0) is 35.9 Å². The van der Waals surface area contributed by atoms with E-state index >= 15 is 0 Å². The Morgan fingerprint density at radius 1 is 1.12 bits per heavy atom. The van der Waals surface area contributed by atoms with Gasteiger partial charge in [0.1, 0.15) is 5.75 Å². The van der Waals surface area contributed by atoms with Gasteiger partial charge in [-0.3, -0.25) is 4.79 Å². The van der Waals surface area contributed by atoms with E-state index in [4.69, 9.17) is 16.3 Å². The average Bonchev–Trinajstić information content (AvgIpc) is 3.11. The second kappa shape index (κ2) is 8.08. The zero-order valence-electron chi connectivity index (χ0n) is 14.6. The lowest BCUT2D eigenvalue weighted by molar-refractivity contribution is 0.0778. The minimum absolute atomic E-state index is 0.0253. The van der Waals surface area contributed by atoms with Crippen LogP contribution >= 0.6 is 11.6 Å². The molecule has 2 aromatic carbocycles. The van der Waals surface area contributed by atoms with Crippen molar-refractivity contribution < 1.29 is 19.7 Å². The van der Waals surface area contributed by atoms with Crippen molar-refractivity contribution in [1.82, 2.24) is 4.90 Å². The minimum Gasteiger partial charge on any atom is -0.496 e. The predicted molar refractivity (Wildman–Crippen MR) is 100 cm³/mol. The highest BCUT2D eigenvalue weighted by molar-refractivity contribution is 6.31. The Morgan fingerprint density at radius 3 is 2.27 bits per heavy atom. The highest BCUT2D eigenvalue weighted by atomic mass is 35.5. The van der Waals surface area contributed by atoms with Crippen LogP contribution in [0.25, 0.3) is 11.1 Å². The number of amides is 1. The van der Waals surface area contributed by atoms with Gasteiger partial charge in [0.2, 0.25) is 0 Å². The molecule has 2 aromatic rings. The van der Waals surface area contributed by atoms with E-state index in [1.807, 2.05) is 24.3 Å². The first-order chi connectivity index (χ1) is 12.6. The largest absolute Gasteiger partial charge is 0.496 e. The summed E-state index contributed by atoms with van der Waals surface area (Å²) >= 11 is 6.09. The summed E-state index contributed by atoms with van der Waals surface area (Å²) in [7, 11) is 1.60. The van der Waals surface area contributed by atoms with E-state index in [2.05, 4.69) is 0 Å². The van der Waals surface area contributed by atoms with Crippen LogP contribution in [0.4, 0.5) is 0 Å². The zero-order chi connectivity index (χ0) is 18.7. The van der Waals surface area contributed by atoms with Gasteiger partial charge >= 0.3 is 0 Å². The molecule has 2 atom stereocenters. The van der Waals surface area contributed by atoms with Crippen LogP contribution in [0.15, 0.2) is 42.5 Å². The van der Waals surface area contributed by atoms with E-state index in [0.717, 1.165) is 11.1 Å². The molecule has 2 N–H and O–H groups in total. The van der Waals surface area contributed by atoms with Gasteiger partial charge in [-0.1, -0.05) is 23.7 Å². The number of rotatable bonds is 5. The van der Waals surface area contributed by atoms with Gasteiger partial charge in [-0.2, -0.15) is 0 Å². The summed E-state index contributed by atoms with van der Waals surface area (Å²) in [4.78, 5) is 14.4. The van der Waals surface area contributed by atoms with Crippen molar-refractivity contribution in [2.75, 3.05) is 33.4 Å². The van der Waals surface area contributed by atoms with Crippen molar-refractivity contribution >= 4 is 17.5 Å². The van der Waals surface area contributed by atoms with E-state index in [9.17, 15) is 15.0 Å². The number of aliphatic hydroxyl groups is 2. The molecule has 6 heteroatoms. The molecule has 1 aliphatic heterocycles. The van der Waals surface area contributed by atoms with Gasteiger partial charge < -0.3 is 19.8 Å². The highest BCUT2D eigenvalue weighted by Crippen LogP contribution is 2.33. The normalized spacial score (nSPS) is 19.6. The molecule has 0 aromatic heterocycles. The Bertz CT molecular complexity index is 766. The number of likely N-dealkylation sites (tertiary alicyclic amines) is 1. The fourth-order valence-electron chi connectivity index (χ4n) is 3.40. The van der Waals surface area contributed by atoms with Crippen molar-refractivity contribution in [3.63, 3.8) is 0 Å². The number of carbonyl (C=O) groups excluding carboxylic acids is 1. The molecule has 1 fully saturated rings. The van der Waals surface area contributed by atoms with Gasteiger partial charge in [-0.25, -0.2) is 0 Å². The van der Waals surface area contributed by atoms with Gasteiger partial charge in [-0.15, -0.1) is 0 Å². The van der Waals surface area contributed by atoms with Crippen LogP contribution in [0, 0.1) is 11.8 Å². The van der Waals surface area contributed by atoms with Crippen molar-refractivity contribution in [1.29, 1.82) is 0 Å². The number of methoxy groups -OCH3 is 1. The van der Waals surface area contributed by atoms with E-state index in [0.29, 0.717) is 29.4 Å². The fraction of sp³-hybridized carbons (Fsp3) is 0.350. The third-order valence-electron chi connectivity index (χ3n) is 4.94. The second-order valence-corrected chi connectivity index (χ2v) is 6.95. The van der Waals surface area contributed by atoms with E-state index < -0.39 is 0 Å². The Morgan fingerprint density at radius 2 is 1.73 bits per heavy atom. The molecule has 1 saturated heterocycles. The van der Waals surface area contributed by atoms with Crippen molar-refractivity contribution in [2.45, 2.75) is 0 Å². The Kier molecular flexibility index (Phi) is 5.81. The molecular formula is C20H22ClNO4. The maximum absolute atomic E-state index is 12.7. The number of benzene rings is 2. The number of halogens is 1. The summed E-state index contributed by atoms with van der Waals surface area (Å²) in [6.45, 7) is 0.875. The number of nitrogens with zero attached hydrogens (tertiary/aromatic N) is 1. The maximum atomic E-state index is 12.7. The molecule has 0 bridgehead atoms. The van der Waals surface area contributed by atoms with Crippen LogP contribution < -0.4 is 4.74 Å². The molecule has 0 aliphatic carbocycles. The van der Waals surface area contributed by atoms with Crippen molar-refractivity contribution in [3.05, 3.63) is 53.1 Å². The number of aliphatic hydroxyl groups excluding tert-OH is 2. The molecular weight excluding hydrogens is 354 g/mol. The van der Waals surface area contributed by atoms with Crippen LogP contribution in [-0.4, -0.2) is 54.4 Å². The van der Waals surface area contributed by atoms with Crippen molar-refractivity contribution in [3.8, 4) is 16.9 Å². The van der Waals surface area contributed by atoms with Crippen molar-refractivity contribution in [2.24, 2.45) is 11.8 Å². The summed E-state index contributed by atoms with van der Waals surface area (Å²) in [5, 5.41) is 19.4. The van der Waals surface area contributed by atoms with Gasteiger partial charge in [0, 0.05) is 54.3 Å². The van der Waals surface area contributed by atoms with Gasteiger partial charge in [0.15, 0.2) is 0 Å². The SMILES string of the molecule is COc1ccc(Cl)cc1-c1ccc(C(=O)N2C[C@@H](CO)[C@H](CO)C2)cc1. The lowest BCUT2D eigenvalue weighted by atomic mass is 9.98. The molecule has 26 heavy (non-hydrogen) atoms. The first-order valence-corrected chi connectivity index (χ1v) is 8.90. The number of hydrogen-bond acceptors (Lipinski definition) is 4. The van der Waals surface area contributed by atoms with E-state index in [-0.39, 0.29) is 31.0 Å². The number of hydrogen-bond donors (Lipinski definition) is 2. The topological polar surface area (TPSA) is 70.0 Å². The lowest BCUT2D eigenvalue weighted by Crippen LogP contribution is -2.29. The monoisotopic (exact) mass is 375 g/mol. The first-order valence-electron chi connectivity index (χ1n) is 8.52. The quantitative estimate of drug-likeness (QED) is 0.843. The van der Waals surface area contributed by atoms with Crippen LogP contribution in [0.5, 0.6) is 5.75 Å². The zero-order valence-corrected chi connectivity index (χ0v) is 15.3. The van der Waals surface area contributed by atoms with Crippen LogP contribution in [0.2, 0.25) is 5.02 Å². The maximum Gasteiger partial charge on any atom is 0.253 e. The molecule has 0 radical (unpaired) electrons. The van der Waals surface area contributed by atoms with Gasteiger partial charge in [0.05, 0.1) is 7.11 Å². The van der Waals surface area contributed by atoms with Crippen LogP contribution in [-0.2, 0) is 0 Å². The first kappa shape index (κ1) is 18.7. The highest BCUT2D eigenvalue weighted by Gasteiger charge is 2.34. The summed E-state index contributed by atoms with van der Waals surface area (Å²) in [6, 6.07) is 12.7. The third-order valence-corrected chi connectivity index (χ3v) is 5.17. The lowest BCUT2D eigenvalue weighted by Gasteiger charge is -2.17. The Balaban J connectivity index is 1.80. The van der Waals surface area contributed by atoms with E-state index in [1.54, 1.807) is 30.2 Å². The summed E-state index contributed by atoms with van der Waals surface area (Å²) in [6.07, 6.45) is 0. The average molecular weight is 376 g/mol. The smallest absolute Gasteiger partial charge is 0.253 e. The number of carbonyl (C=O) groups is 1. The molecule has 5 nitrogen and oxygen atoms in total. The number of ether oxygens (including phenoxy) is 1. The van der Waals surface area contributed by atoms with E-state index in [1.165, 1.54) is 0 Å². The molecule has 1 heterocycles. The summed E-state index contributed by atoms with van der Waals surface area (Å²) in [5.74, 6) is 0.478. The molecule has 0 spiro atoms. The Labute approximate surface area is 157 Å².